The van der Waals surface area contributed by atoms with Crippen LogP contribution in [0, 0.1) is 6.92 Å². The van der Waals surface area contributed by atoms with Crippen LogP contribution in [-0.4, -0.2) is 27.3 Å². The number of aromatic hydroxyl groups is 2. The van der Waals surface area contributed by atoms with Gasteiger partial charge in [0, 0.05) is 34.6 Å². The Hall–Kier alpha value is -3.86. The van der Waals surface area contributed by atoms with Crippen molar-refractivity contribution < 1.29 is 14.9 Å². The fraction of sp³-hybridized carbons (Fsp3) is 0.0833. The van der Waals surface area contributed by atoms with Crippen molar-refractivity contribution in [2.75, 3.05) is 7.11 Å². The number of hydrogen-bond acceptors (Lipinski definition) is 5. The molecule has 2 N–H and O–H groups in total. The largest absolute Gasteiger partial charge is 0.507 e. The van der Waals surface area contributed by atoms with E-state index in [4.69, 9.17) is 4.74 Å². The molecule has 0 bridgehead atoms. The van der Waals surface area contributed by atoms with Crippen molar-refractivity contribution in [3.8, 4) is 50.9 Å². The second-order valence-electron chi connectivity index (χ2n) is 6.72. The maximum atomic E-state index is 10.3. The average molecular weight is 384 g/mol. The lowest BCUT2D eigenvalue weighted by molar-refractivity contribution is 0.412. The second-order valence-corrected chi connectivity index (χ2v) is 6.72. The predicted octanol–water partition coefficient (Wildman–Crippen LogP) is 5.21. The maximum Gasteiger partial charge on any atom is 0.126 e. The molecule has 29 heavy (non-hydrogen) atoms. The Morgan fingerprint density at radius 1 is 0.759 bits per heavy atom. The van der Waals surface area contributed by atoms with E-state index in [0.717, 1.165) is 33.6 Å². The Bertz CT molecular complexity index is 1150. The van der Waals surface area contributed by atoms with E-state index >= 15 is 0 Å². The van der Waals surface area contributed by atoms with Gasteiger partial charge in [-0.25, -0.2) is 0 Å². The number of aromatic nitrogens is 2. The van der Waals surface area contributed by atoms with Gasteiger partial charge >= 0.3 is 0 Å². The number of phenolic OH excluding ortho intramolecular Hbond substituents is 2. The highest BCUT2D eigenvalue weighted by Gasteiger charge is 2.10. The number of para-hydroxylation sites is 1. The summed E-state index contributed by atoms with van der Waals surface area (Å²) in [5, 5.41) is 20.4. The first-order chi connectivity index (χ1) is 14.1. The van der Waals surface area contributed by atoms with Crippen molar-refractivity contribution in [2.45, 2.75) is 6.92 Å². The van der Waals surface area contributed by atoms with E-state index in [9.17, 15) is 10.2 Å². The third-order valence-corrected chi connectivity index (χ3v) is 4.85. The van der Waals surface area contributed by atoms with Crippen LogP contribution in [0.3, 0.4) is 0 Å². The van der Waals surface area contributed by atoms with Crippen LogP contribution >= 0.6 is 0 Å². The Morgan fingerprint density at radius 3 is 2.00 bits per heavy atom. The zero-order valence-electron chi connectivity index (χ0n) is 16.1. The highest BCUT2D eigenvalue weighted by Crippen LogP contribution is 2.34. The summed E-state index contributed by atoms with van der Waals surface area (Å²) in [6, 6.07) is 18.3. The van der Waals surface area contributed by atoms with E-state index in [1.807, 2.05) is 49.4 Å². The molecule has 0 saturated heterocycles. The molecule has 0 aliphatic rings. The minimum Gasteiger partial charge on any atom is -0.507 e. The lowest BCUT2D eigenvalue weighted by atomic mass is 10.0. The van der Waals surface area contributed by atoms with E-state index in [2.05, 4.69) is 9.97 Å². The Labute approximate surface area is 168 Å². The summed E-state index contributed by atoms with van der Waals surface area (Å²) in [6.45, 7) is 1.87. The van der Waals surface area contributed by atoms with Crippen LogP contribution in [0.25, 0.3) is 33.6 Å². The van der Waals surface area contributed by atoms with Crippen LogP contribution in [0.1, 0.15) is 5.56 Å². The Balaban J connectivity index is 1.62. The van der Waals surface area contributed by atoms with Crippen molar-refractivity contribution in [2.24, 2.45) is 0 Å². The molecule has 5 nitrogen and oxygen atoms in total. The van der Waals surface area contributed by atoms with Crippen molar-refractivity contribution >= 4 is 0 Å². The molecule has 0 radical (unpaired) electrons. The van der Waals surface area contributed by atoms with Gasteiger partial charge in [0.15, 0.2) is 0 Å². The summed E-state index contributed by atoms with van der Waals surface area (Å²) in [5.74, 6) is 1.10. The fourth-order valence-electron chi connectivity index (χ4n) is 3.17. The van der Waals surface area contributed by atoms with E-state index in [0.29, 0.717) is 11.3 Å². The van der Waals surface area contributed by atoms with Gasteiger partial charge in [-0.05, 0) is 42.8 Å². The normalized spacial score (nSPS) is 10.7. The lowest BCUT2D eigenvalue weighted by Crippen LogP contribution is -1.90. The molecule has 144 valence electrons. The lowest BCUT2D eigenvalue weighted by Gasteiger charge is -2.09. The molecule has 0 amide bonds. The minimum absolute atomic E-state index is 0.167. The highest BCUT2D eigenvalue weighted by molar-refractivity contribution is 5.74. The van der Waals surface area contributed by atoms with Gasteiger partial charge in [-0.3, -0.25) is 9.97 Å². The predicted molar refractivity (Wildman–Crippen MR) is 113 cm³/mol. The molecule has 0 saturated carbocycles. The smallest absolute Gasteiger partial charge is 0.126 e. The summed E-state index contributed by atoms with van der Waals surface area (Å²) in [7, 11) is 1.59. The fourth-order valence-corrected chi connectivity index (χ4v) is 3.17. The van der Waals surface area contributed by atoms with Crippen LogP contribution in [0.5, 0.6) is 17.2 Å². The molecular formula is C24H20N2O3. The number of methoxy groups -OCH3 is 1. The number of hydrogen-bond donors (Lipinski definition) is 2. The molecule has 0 fully saturated rings. The van der Waals surface area contributed by atoms with Gasteiger partial charge in [0.1, 0.15) is 17.2 Å². The molecule has 4 rings (SSSR count). The molecule has 2 aromatic carbocycles. The number of ether oxygens (including phenoxy) is 1. The van der Waals surface area contributed by atoms with E-state index in [-0.39, 0.29) is 11.5 Å². The van der Waals surface area contributed by atoms with Crippen molar-refractivity contribution in [3.05, 3.63) is 78.6 Å². The molecular weight excluding hydrogens is 364 g/mol. The first-order valence-corrected chi connectivity index (χ1v) is 9.15. The zero-order valence-corrected chi connectivity index (χ0v) is 16.1. The third-order valence-electron chi connectivity index (χ3n) is 4.85. The van der Waals surface area contributed by atoms with E-state index in [1.54, 1.807) is 37.7 Å². The van der Waals surface area contributed by atoms with Gasteiger partial charge in [-0.1, -0.05) is 30.3 Å². The van der Waals surface area contributed by atoms with Gasteiger partial charge < -0.3 is 14.9 Å². The molecule has 2 heterocycles. The first kappa shape index (κ1) is 18.5. The minimum atomic E-state index is 0.167. The molecule has 0 unspecified atom stereocenters. The summed E-state index contributed by atoms with van der Waals surface area (Å²) in [4.78, 5) is 8.99. The van der Waals surface area contributed by atoms with Crippen molar-refractivity contribution in [3.63, 3.8) is 0 Å². The van der Waals surface area contributed by atoms with Crippen molar-refractivity contribution in [1.29, 1.82) is 0 Å². The Morgan fingerprint density at radius 2 is 1.41 bits per heavy atom. The number of rotatable bonds is 4. The monoisotopic (exact) mass is 384 g/mol. The van der Waals surface area contributed by atoms with Gasteiger partial charge in [0.05, 0.1) is 18.5 Å². The number of benzene rings is 2. The quantitative estimate of drug-likeness (QED) is 0.505. The summed E-state index contributed by atoms with van der Waals surface area (Å²) < 4.78 is 5.23. The standard InChI is InChI=1S/C24H20N2O3/c1-15-4-3-5-19(24(15)28)16-6-9-21(25-13-16)22-10-7-17(14-26-22)20-12-18(29-2)8-11-23(20)27/h3-14,27-28H,1-2H3. The number of phenols is 2. The molecule has 2 aromatic heterocycles. The van der Waals surface area contributed by atoms with E-state index < -0.39 is 0 Å². The molecule has 0 atom stereocenters. The van der Waals surface area contributed by atoms with Crippen LogP contribution in [0.15, 0.2) is 73.1 Å². The summed E-state index contributed by atoms with van der Waals surface area (Å²) in [5.41, 5.74) is 5.30. The molecule has 5 heteroatoms. The maximum absolute atomic E-state index is 10.3. The number of nitrogens with zero attached hydrogens (tertiary/aromatic N) is 2. The molecule has 0 aliphatic carbocycles. The van der Waals surface area contributed by atoms with Gasteiger partial charge in [-0.15, -0.1) is 0 Å². The second kappa shape index (κ2) is 7.64. The van der Waals surface area contributed by atoms with Crippen LogP contribution in [0.2, 0.25) is 0 Å². The zero-order chi connectivity index (χ0) is 20.4. The molecule has 4 aromatic rings. The van der Waals surface area contributed by atoms with Crippen LogP contribution < -0.4 is 4.74 Å². The van der Waals surface area contributed by atoms with E-state index in [1.165, 1.54) is 0 Å². The number of pyridine rings is 2. The van der Waals surface area contributed by atoms with Gasteiger partial charge in [0.25, 0.3) is 0 Å². The first-order valence-electron chi connectivity index (χ1n) is 9.15. The van der Waals surface area contributed by atoms with Crippen molar-refractivity contribution in [1.82, 2.24) is 9.97 Å². The third kappa shape index (κ3) is 3.62. The van der Waals surface area contributed by atoms with Gasteiger partial charge in [0.2, 0.25) is 0 Å². The summed E-state index contributed by atoms with van der Waals surface area (Å²) >= 11 is 0. The topological polar surface area (TPSA) is 75.5 Å². The van der Waals surface area contributed by atoms with Crippen LogP contribution in [-0.2, 0) is 0 Å². The molecule has 0 spiro atoms. The molecule has 0 aliphatic heterocycles. The van der Waals surface area contributed by atoms with Crippen LogP contribution in [0.4, 0.5) is 0 Å². The average Bonchev–Trinajstić information content (AvgIpc) is 2.76. The van der Waals surface area contributed by atoms with Gasteiger partial charge in [-0.2, -0.15) is 0 Å². The highest BCUT2D eigenvalue weighted by atomic mass is 16.5. The number of aryl methyl sites for hydroxylation is 1. The SMILES string of the molecule is COc1ccc(O)c(-c2ccc(-c3ccc(-c4cccc(C)c4O)cn3)nc2)c1. The summed E-state index contributed by atoms with van der Waals surface area (Å²) in [6.07, 6.45) is 3.43. The Kier molecular flexibility index (Phi) is 4.87.